The third-order valence-corrected chi connectivity index (χ3v) is 9.72. The van der Waals surface area contributed by atoms with Gasteiger partial charge < -0.3 is 15.2 Å². The molecule has 5 rings (SSSR count). The van der Waals surface area contributed by atoms with Crippen LogP contribution in [0.1, 0.15) is 73.6 Å². The summed E-state index contributed by atoms with van der Waals surface area (Å²) in [5.41, 5.74) is 3.84. The van der Waals surface area contributed by atoms with Crippen LogP contribution in [0.4, 0.5) is 8.78 Å². The van der Waals surface area contributed by atoms with Crippen molar-refractivity contribution in [3.05, 3.63) is 143 Å². The molecule has 0 unspecified atom stereocenters. The Bertz CT molecular complexity index is 1390. The third-order valence-electron chi connectivity index (χ3n) is 9.72. The molecule has 0 heterocycles. The van der Waals surface area contributed by atoms with Gasteiger partial charge in [0.1, 0.15) is 11.6 Å². The largest absolute Gasteiger partial charge is 0.395 e. The van der Waals surface area contributed by atoms with Crippen LogP contribution in [0.5, 0.6) is 0 Å². The van der Waals surface area contributed by atoms with Gasteiger partial charge in [0, 0.05) is 25.2 Å². The first-order valence-electron chi connectivity index (χ1n) is 17.8. The highest BCUT2D eigenvalue weighted by atomic mass is 19.1. The number of hydrogen-bond acceptors (Lipinski definition) is 4. The fourth-order valence-corrected chi connectivity index (χ4v) is 7.22. The molecule has 0 saturated heterocycles. The van der Waals surface area contributed by atoms with Crippen molar-refractivity contribution in [3.63, 3.8) is 0 Å². The second-order valence-corrected chi connectivity index (χ2v) is 13.4. The molecule has 1 aliphatic rings. The predicted molar refractivity (Wildman–Crippen MR) is 190 cm³/mol. The van der Waals surface area contributed by atoms with Crippen LogP contribution in [0.2, 0.25) is 0 Å². The number of rotatable bonds is 19. The molecule has 6 heteroatoms. The first-order chi connectivity index (χ1) is 23.6. The second kappa shape index (κ2) is 19.5. The van der Waals surface area contributed by atoms with Crippen LogP contribution in [-0.4, -0.2) is 41.3 Å². The summed E-state index contributed by atoms with van der Waals surface area (Å²) in [5, 5.41) is 14.6. The maximum atomic E-state index is 14.6. The van der Waals surface area contributed by atoms with Crippen molar-refractivity contribution in [1.82, 2.24) is 10.2 Å². The number of unbranched alkanes of at least 4 members (excludes halogenated alkanes) is 1. The van der Waals surface area contributed by atoms with Crippen molar-refractivity contribution in [2.24, 2.45) is 5.92 Å². The van der Waals surface area contributed by atoms with E-state index in [0.717, 1.165) is 48.1 Å². The molecule has 4 nitrogen and oxygen atoms in total. The van der Waals surface area contributed by atoms with Crippen molar-refractivity contribution < 1.29 is 18.6 Å². The molecule has 4 aromatic rings. The molecule has 1 aliphatic carbocycles. The van der Waals surface area contributed by atoms with E-state index in [4.69, 9.17) is 4.74 Å². The van der Waals surface area contributed by atoms with E-state index in [-0.39, 0.29) is 18.7 Å². The number of nitrogens with zero attached hydrogens (tertiary/aromatic N) is 1. The molecule has 48 heavy (non-hydrogen) atoms. The van der Waals surface area contributed by atoms with Gasteiger partial charge in [0.25, 0.3) is 0 Å². The summed E-state index contributed by atoms with van der Waals surface area (Å²) >= 11 is 0. The Kier molecular flexibility index (Phi) is 14.6. The summed E-state index contributed by atoms with van der Waals surface area (Å²) in [6.07, 6.45) is 10.1. The number of halogens is 2. The number of aliphatic hydroxyl groups is 1. The van der Waals surface area contributed by atoms with Crippen LogP contribution in [-0.2, 0) is 30.9 Å². The number of aliphatic hydroxyl groups excluding tert-OH is 1. The summed E-state index contributed by atoms with van der Waals surface area (Å²) < 4.78 is 36.0. The summed E-state index contributed by atoms with van der Waals surface area (Å²) in [7, 11) is 0. The van der Waals surface area contributed by atoms with E-state index in [1.165, 1.54) is 50.7 Å². The van der Waals surface area contributed by atoms with Gasteiger partial charge in [-0.15, -0.1) is 0 Å². The van der Waals surface area contributed by atoms with Gasteiger partial charge in [-0.3, -0.25) is 4.90 Å². The molecule has 3 atom stereocenters. The van der Waals surface area contributed by atoms with E-state index in [2.05, 4.69) is 34.5 Å². The lowest BCUT2D eigenvalue weighted by Crippen LogP contribution is -2.56. The summed E-state index contributed by atoms with van der Waals surface area (Å²) in [5.74, 6) is -0.356. The Labute approximate surface area is 286 Å². The number of benzene rings is 4. The lowest BCUT2D eigenvalue weighted by Gasteiger charge is -2.41. The highest BCUT2D eigenvalue weighted by Gasteiger charge is 2.35. The maximum absolute atomic E-state index is 14.6. The average Bonchev–Trinajstić information content (AvgIpc) is 3.11. The number of nitrogens with one attached hydrogen (secondary N) is 1. The minimum absolute atomic E-state index is 0.124. The molecule has 0 spiro atoms. The molecule has 4 aromatic carbocycles. The van der Waals surface area contributed by atoms with Crippen LogP contribution in [0.3, 0.4) is 0 Å². The van der Waals surface area contributed by atoms with Crippen molar-refractivity contribution in [3.8, 4) is 0 Å². The Morgan fingerprint density at radius 1 is 0.708 bits per heavy atom. The normalized spacial score (nSPS) is 15.8. The van der Waals surface area contributed by atoms with Gasteiger partial charge >= 0.3 is 0 Å². The fraction of sp³-hybridized carbons (Fsp3) is 0.429. The molecule has 0 radical (unpaired) electrons. The summed E-state index contributed by atoms with van der Waals surface area (Å²) in [6, 6.07) is 33.6. The van der Waals surface area contributed by atoms with E-state index in [9.17, 15) is 13.9 Å². The van der Waals surface area contributed by atoms with Gasteiger partial charge in [-0.25, -0.2) is 8.78 Å². The van der Waals surface area contributed by atoms with Crippen molar-refractivity contribution in [2.75, 3.05) is 13.2 Å². The van der Waals surface area contributed by atoms with Gasteiger partial charge in [-0.2, -0.15) is 0 Å². The quantitative estimate of drug-likeness (QED) is 0.0992. The molecule has 0 amide bonds. The second-order valence-electron chi connectivity index (χ2n) is 13.4. The summed E-state index contributed by atoms with van der Waals surface area (Å²) in [6.45, 7) is 2.19. The van der Waals surface area contributed by atoms with Gasteiger partial charge in [-0.05, 0) is 59.7 Å². The van der Waals surface area contributed by atoms with Crippen LogP contribution >= 0.6 is 0 Å². The van der Waals surface area contributed by atoms with E-state index < -0.39 is 17.7 Å². The first kappa shape index (κ1) is 35.9. The molecule has 2 N–H and O–H groups in total. The van der Waals surface area contributed by atoms with Gasteiger partial charge in [0.15, 0.2) is 0 Å². The van der Waals surface area contributed by atoms with Crippen molar-refractivity contribution in [1.29, 1.82) is 0 Å². The van der Waals surface area contributed by atoms with Gasteiger partial charge in [0.05, 0.1) is 25.4 Å². The van der Waals surface area contributed by atoms with Gasteiger partial charge in [0.2, 0.25) is 0 Å². The Balaban J connectivity index is 1.45. The van der Waals surface area contributed by atoms with Crippen LogP contribution in [0.25, 0.3) is 0 Å². The lowest BCUT2D eigenvalue weighted by molar-refractivity contribution is -0.0584. The zero-order valence-electron chi connectivity index (χ0n) is 28.2. The Morgan fingerprint density at radius 3 is 1.83 bits per heavy atom. The lowest BCUT2D eigenvalue weighted by atomic mass is 9.86. The molecule has 256 valence electrons. The molecule has 0 aromatic heterocycles. The summed E-state index contributed by atoms with van der Waals surface area (Å²) in [4.78, 5) is 2.34. The Hall–Kier alpha value is -3.42. The predicted octanol–water partition coefficient (Wildman–Crippen LogP) is 8.86. The average molecular weight is 655 g/mol. The third kappa shape index (κ3) is 11.6. The van der Waals surface area contributed by atoms with E-state index in [0.29, 0.717) is 31.7 Å². The molecule has 0 aliphatic heterocycles. The van der Waals surface area contributed by atoms with Crippen molar-refractivity contribution in [2.45, 2.75) is 95.7 Å². The van der Waals surface area contributed by atoms with Crippen LogP contribution in [0.15, 0.2) is 109 Å². The van der Waals surface area contributed by atoms with E-state index in [1.54, 1.807) is 0 Å². The van der Waals surface area contributed by atoms with Crippen molar-refractivity contribution >= 4 is 0 Å². The van der Waals surface area contributed by atoms with E-state index in [1.807, 2.05) is 66.7 Å². The minimum atomic E-state index is -0.599. The molecule has 1 saturated carbocycles. The topological polar surface area (TPSA) is 44.7 Å². The van der Waals surface area contributed by atoms with Gasteiger partial charge in [-0.1, -0.05) is 136 Å². The first-order valence-corrected chi connectivity index (χ1v) is 17.8. The van der Waals surface area contributed by atoms with E-state index >= 15 is 0 Å². The minimum Gasteiger partial charge on any atom is -0.395 e. The fourth-order valence-electron chi connectivity index (χ4n) is 7.22. The number of hydrogen-bond donors (Lipinski definition) is 2. The monoisotopic (exact) mass is 654 g/mol. The highest BCUT2D eigenvalue weighted by molar-refractivity contribution is 5.22. The Morgan fingerprint density at radius 2 is 1.27 bits per heavy atom. The van der Waals surface area contributed by atoms with Crippen LogP contribution in [0, 0.1) is 17.6 Å². The molecule has 0 bridgehead atoms. The maximum Gasteiger partial charge on any atom is 0.126 e. The molecular weight excluding hydrogens is 602 g/mol. The number of ether oxygens (including phenoxy) is 1. The smallest absolute Gasteiger partial charge is 0.126 e. The standard InChI is InChI=1S/C42H52F2N2O2/c43-38-25-37(26-39(44)28-38)27-41(46(29-34-18-7-2-8-19-34)30-35-20-9-3-10-21-35)42(48-32-36-22-11-4-12-23-36)40(31-47)45-24-14-13-17-33-15-5-1-6-16-33/h2-4,7-12,18-23,25-26,28,33,40-42,45,47H,1,5-6,13-17,24,27,29-32H2/t40-,41-,42+/m0/s1. The highest BCUT2D eigenvalue weighted by Crippen LogP contribution is 2.28. The zero-order chi connectivity index (χ0) is 33.4. The zero-order valence-corrected chi connectivity index (χ0v) is 28.2. The SMILES string of the molecule is OC[C@H](NCCCCC1CCCCC1)[C@@H](OCc1ccccc1)[C@H](Cc1cc(F)cc(F)c1)N(Cc1ccccc1)Cc1ccccc1. The van der Waals surface area contributed by atoms with Crippen LogP contribution < -0.4 is 5.32 Å². The molecule has 1 fully saturated rings. The molecular formula is C42H52F2N2O2.